The quantitative estimate of drug-likeness (QED) is 0.505. The topological polar surface area (TPSA) is 67.2 Å². The molecule has 0 spiro atoms. The van der Waals surface area contributed by atoms with Gasteiger partial charge in [-0.1, -0.05) is 70.5 Å². The monoisotopic (exact) mass is 460 g/mol. The van der Waals surface area contributed by atoms with E-state index in [9.17, 15) is 9.59 Å². The molecule has 6 heteroatoms. The summed E-state index contributed by atoms with van der Waals surface area (Å²) in [6.07, 6.45) is 0. The Balaban J connectivity index is 1.88. The average molecular weight is 461 g/mol. The maximum absolute atomic E-state index is 13.2. The Bertz CT molecular complexity index is 1150. The van der Waals surface area contributed by atoms with Crippen molar-refractivity contribution in [1.29, 1.82) is 0 Å². The Morgan fingerprint density at radius 2 is 1.68 bits per heavy atom. The molecule has 0 aliphatic heterocycles. The number of hydrogen-bond donors (Lipinski definition) is 1. The molecule has 0 atom stereocenters. The zero-order valence-electron chi connectivity index (χ0n) is 21.3. The summed E-state index contributed by atoms with van der Waals surface area (Å²) in [6, 6.07) is 17.3. The summed E-state index contributed by atoms with van der Waals surface area (Å²) in [7, 11) is 0. The van der Waals surface area contributed by atoms with E-state index in [0.29, 0.717) is 17.9 Å². The molecule has 0 radical (unpaired) electrons. The van der Waals surface area contributed by atoms with Gasteiger partial charge in [0, 0.05) is 23.6 Å². The van der Waals surface area contributed by atoms with Crippen LogP contribution < -0.4 is 5.32 Å². The van der Waals surface area contributed by atoms with Crippen LogP contribution >= 0.6 is 0 Å². The molecule has 0 saturated carbocycles. The number of amides is 2. The number of aromatic nitrogens is 2. The molecule has 3 rings (SSSR count). The van der Waals surface area contributed by atoms with Crippen LogP contribution in [0.3, 0.4) is 0 Å². The van der Waals surface area contributed by atoms with Crippen LogP contribution in [0.4, 0.5) is 5.82 Å². The predicted molar refractivity (Wildman–Crippen MR) is 138 cm³/mol. The molecule has 1 N–H and O–H groups in total. The highest BCUT2D eigenvalue weighted by atomic mass is 16.2. The Morgan fingerprint density at radius 1 is 1.03 bits per heavy atom. The molecule has 6 nitrogen and oxygen atoms in total. The van der Waals surface area contributed by atoms with Crippen molar-refractivity contribution in [2.45, 2.75) is 53.9 Å². The zero-order valence-corrected chi connectivity index (χ0v) is 21.3. The Hall–Kier alpha value is -3.41. The highest BCUT2D eigenvalue weighted by Crippen LogP contribution is 2.27. The van der Waals surface area contributed by atoms with Crippen molar-refractivity contribution in [2.24, 2.45) is 5.92 Å². The molecule has 0 aliphatic rings. The average Bonchev–Trinajstić information content (AvgIpc) is 3.17. The van der Waals surface area contributed by atoms with Gasteiger partial charge < -0.3 is 10.2 Å². The molecule has 0 aliphatic carbocycles. The van der Waals surface area contributed by atoms with Crippen LogP contribution in [-0.2, 0) is 10.2 Å². The summed E-state index contributed by atoms with van der Waals surface area (Å²) in [5.74, 6) is 0.423. The second-order valence-electron chi connectivity index (χ2n) is 10.4. The number of carbonyl (C=O) groups is 2. The third kappa shape index (κ3) is 6.13. The van der Waals surface area contributed by atoms with Crippen molar-refractivity contribution in [1.82, 2.24) is 14.7 Å². The fraction of sp³-hybridized carbons (Fsp3) is 0.393. The predicted octanol–water partition coefficient (Wildman–Crippen LogP) is 5.52. The van der Waals surface area contributed by atoms with Crippen molar-refractivity contribution in [3.8, 4) is 5.69 Å². The summed E-state index contributed by atoms with van der Waals surface area (Å²) in [5.41, 5.74) is 4.32. The van der Waals surface area contributed by atoms with E-state index < -0.39 is 0 Å². The Morgan fingerprint density at radius 3 is 2.26 bits per heavy atom. The maximum atomic E-state index is 13.2. The van der Waals surface area contributed by atoms with Crippen LogP contribution in [0.5, 0.6) is 0 Å². The van der Waals surface area contributed by atoms with E-state index in [0.717, 1.165) is 22.5 Å². The molecule has 1 heterocycles. The lowest BCUT2D eigenvalue weighted by Gasteiger charge is -2.24. The number of anilines is 1. The number of rotatable bonds is 7. The van der Waals surface area contributed by atoms with Gasteiger partial charge in [-0.2, -0.15) is 5.10 Å². The SMILES string of the molecule is Cc1ccc(C(=O)N(CC(=O)Nc2cc(C(C)(C)C)nn2-c2ccccc2C)CC(C)C)cc1. The molecule has 0 bridgehead atoms. The van der Waals surface area contributed by atoms with Gasteiger partial charge in [0.1, 0.15) is 12.4 Å². The fourth-order valence-corrected chi connectivity index (χ4v) is 3.72. The first-order valence-corrected chi connectivity index (χ1v) is 11.8. The molecule has 0 unspecified atom stereocenters. The third-order valence-corrected chi connectivity index (χ3v) is 5.59. The fourth-order valence-electron chi connectivity index (χ4n) is 3.72. The van der Waals surface area contributed by atoms with Crippen LogP contribution in [0.25, 0.3) is 5.69 Å². The van der Waals surface area contributed by atoms with Gasteiger partial charge in [0.2, 0.25) is 5.91 Å². The van der Waals surface area contributed by atoms with Crippen LogP contribution in [0.2, 0.25) is 0 Å². The van der Waals surface area contributed by atoms with Crippen LogP contribution in [0, 0.1) is 19.8 Å². The van der Waals surface area contributed by atoms with Gasteiger partial charge >= 0.3 is 0 Å². The maximum Gasteiger partial charge on any atom is 0.254 e. The second-order valence-corrected chi connectivity index (χ2v) is 10.4. The standard InChI is InChI=1S/C28H36N4O2/c1-19(2)17-31(27(34)22-14-12-20(3)13-15-22)18-26(33)29-25-16-24(28(5,6)7)30-32(25)23-11-9-8-10-21(23)4/h8-16,19H,17-18H2,1-7H3,(H,29,33). The molecular weight excluding hydrogens is 424 g/mol. The third-order valence-electron chi connectivity index (χ3n) is 5.59. The molecule has 34 heavy (non-hydrogen) atoms. The van der Waals surface area contributed by atoms with Gasteiger partial charge in [0.25, 0.3) is 5.91 Å². The van der Waals surface area contributed by atoms with Crippen molar-refractivity contribution in [3.05, 3.63) is 77.0 Å². The minimum atomic E-state index is -0.253. The van der Waals surface area contributed by atoms with Crippen molar-refractivity contribution in [2.75, 3.05) is 18.4 Å². The molecular formula is C28H36N4O2. The molecule has 2 amide bonds. The number of hydrogen-bond acceptors (Lipinski definition) is 3. The molecule has 0 saturated heterocycles. The zero-order chi connectivity index (χ0) is 25.0. The van der Waals surface area contributed by atoms with Gasteiger partial charge in [-0.05, 0) is 43.5 Å². The smallest absolute Gasteiger partial charge is 0.254 e. The van der Waals surface area contributed by atoms with E-state index in [4.69, 9.17) is 5.10 Å². The lowest BCUT2D eigenvalue weighted by Crippen LogP contribution is -2.40. The summed E-state index contributed by atoms with van der Waals surface area (Å²) < 4.78 is 1.78. The first kappa shape index (κ1) is 25.2. The van der Waals surface area contributed by atoms with E-state index in [1.807, 2.05) is 82.3 Å². The highest BCUT2D eigenvalue weighted by molar-refractivity contribution is 5.99. The number of carbonyl (C=O) groups excluding carboxylic acids is 2. The summed E-state index contributed by atoms with van der Waals surface area (Å²) in [4.78, 5) is 28.0. The highest BCUT2D eigenvalue weighted by Gasteiger charge is 2.24. The van der Waals surface area contributed by atoms with E-state index in [2.05, 4.69) is 26.1 Å². The van der Waals surface area contributed by atoms with Gasteiger partial charge in [0.05, 0.1) is 11.4 Å². The molecule has 3 aromatic rings. The normalized spacial score (nSPS) is 11.5. The van der Waals surface area contributed by atoms with E-state index in [1.54, 1.807) is 9.58 Å². The van der Waals surface area contributed by atoms with Gasteiger partial charge in [-0.15, -0.1) is 0 Å². The van der Waals surface area contributed by atoms with Gasteiger partial charge in [0.15, 0.2) is 0 Å². The van der Waals surface area contributed by atoms with E-state index >= 15 is 0 Å². The largest absolute Gasteiger partial charge is 0.329 e. The van der Waals surface area contributed by atoms with Crippen molar-refractivity contribution < 1.29 is 9.59 Å². The Kier molecular flexibility index (Phi) is 7.60. The lowest BCUT2D eigenvalue weighted by atomic mass is 9.92. The van der Waals surface area contributed by atoms with Crippen LogP contribution in [0.15, 0.2) is 54.6 Å². The molecule has 1 aromatic heterocycles. The number of nitrogens with zero attached hydrogens (tertiary/aromatic N) is 3. The molecule has 180 valence electrons. The van der Waals surface area contributed by atoms with Gasteiger partial charge in [-0.25, -0.2) is 4.68 Å². The van der Waals surface area contributed by atoms with Gasteiger partial charge in [-0.3, -0.25) is 9.59 Å². The van der Waals surface area contributed by atoms with Crippen LogP contribution in [0.1, 0.15) is 61.8 Å². The van der Waals surface area contributed by atoms with E-state index in [1.165, 1.54) is 0 Å². The van der Waals surface area contributed by atoms with Crippen molar-refractivity contribution in [3.63, 3.8) is 0 Å². The number of nitrogens with one attached hydrogen (secondary N) is 1. The Labute approximate surface area is 203 Å². The minimum Gasteiger partial charge on any atom is -0.329 e. The number of benzene rings is 2. The lowest BCUT2D eigenvalue weighted by molar-refractivity contribution is -0.117. The molecule has 2 aromatic carbocycles. The number of aryl methyl sites for hydroxylation is 2. The minimum absolute atomic E-state index is 0.0330. The summed E-state index contributed by atoms with van der Waals surface area (Å²) >= 11 is 0. The second kappa shape index (κ2) is 10.2. The first-order valence-electron chi connectivity index (χ1n) is 11.8. The van der Waals surface area contributed by atoms with Crippen molar-refractivity contribution >= 4 is 17.6 Å². The summed E-state index contributed by atoms with van der Waals surface area (Å²) in [6.45, 7) is 14.8. The van der Waals surface area contributed by atoms with Crippen LogP contribution in [-0.4, -0.2) is 39.6 Å². The van der Waals surface area contributed by atoms with E-state index in [-0.39, 0.29) is 29.7 Å². The number of para-hydroxylation sites is 1. The molecule has 0 fully saturated rings. The summed E-state index contributed by atoms with van der Waals surface area (Å²) in [5, 5.41) is 7.82. The first-order chi connectivity index (χ1) is 16.0.